The van der Waals surface area contributed by atoms with Crippen LogP contribution in [0.25, 0.3) is 0 Å². The van der Waals surface area contributed by atoms with E-state index in [-0.39, 0.29) is 0 Å². The molecule has 2 aromatic rings. The topological polar surface area (TPSA) is 56.0 Å². The van der Waals surface area contributed by atoms with Crippen LogP contribution in [0.4, 0.5) is 10.1 Å². The van der Waals surface area contributed by atoms with E-state index in [0.29, 0.717) is 11.3 Å². The molecule has 0 bridgehead atoms. The van der Waals surface area contributed by atoms with E-state index in [1.165, 1.54) is 23.9 Å². The molecule has 98 valence electrons. The molecule has 0 fully saturated rings. The zero-order chi connectivity index (χ0) is 13.8. The Hall–Kier alpha value is -1.47. The molecule has 2 rings (SSSR count). The van der Waals surface area contributed by atoms with Crippen LogP contribution in [-0.4, -0.2) is 9.91 Å². The lowest BCUT2D eigenvalue weighted by Crippen LogP contribution is -1.93. The van der Waals surface area contributed by atoms with Crippen molar-refractivity contribution in [1.29, 1.82) is 0 Å². The van der Waals surface area contributed by atoms with E-state index in [4.69, 9.17) is 0 Å². The van der Waals surface area contributed by atoms with Crippen molar-refractivity contribution in [2.75, 3.05) is 0 Å². The summed E-state index contributed by atoms with van der Waals surface area (Å²) < 4.78 is 14.3. The van der Waals surface area contributed by atoms with Crippen LogP contribution in [0.5, 0.6) is 0 Å². The molecule has 0 saturated heterocycles. The summed E-state index contributed by atoms with van der Waals surface area (Å²) in [5.74, 6) is -0.310. The average Bonchev–Trinajstić information content (AvgIpc) is 2.37. The van der Waals surface area contributed by atoms with Gasteiger partial charge in [0.1, 0.15) is 0 Å². The number of nitrogens with zero attached hydrogens (tertiary/aromatic N) is 2. The summed E-state index contributed by atoms with van der Waals surface area (Å²) in [6.45, 7) is 0. The lowest BCUT2D eigenvalue weighted by molar-refractivity contribution is -0.387. The number of halogens is 2. The summed E-state index contributed by atoms with van der Waals surface area (Å²) in [7, 11) is 0. The number of aromatic nitrogens is 1. The Kier molecular flexibility index (Phi) is 4.49. The fourth-order valence-corrected chi connectivity index (χ4v) is 2.41. The van der Waals surface area contributed by atoms with Gasteiger partial charge in [0.05, 0.1) is 9.95 Å². The fourth-order valence-electron chi connectivity index (χ4n) is 1.39. The van der Waals surface area contributed by atoms with Gasteiger partial charge >= 0.3 is 5.69 Å². The van der Waals surface area contributed by atoms with Crippen LogP contribution in [0.15, 0.2) is 46.0 Å². The maximum Gasteiger partial charge on any atom is 0.304 e. The van der Waals surface area contributed by atoms with Crippen molar-refractivity contribution in [1.82, 2.24) is 4.98 Å². The van der Waals surface area contributed by atoms with E-state index in [9.17, 15) is 14.5 Å². The lowest BCUT2D eigenvalue weighted by Gasteiger charge is -2.02. The molecular weight excluding hydrogens is 335 g/mol. The number of pyridine rings is 1. The third-order valence-corrected chi connectivity index (χ3v) is 3.78. The van der Waals surface area contributed by atoms with Gasteiger partial charge < -0.3 is 0 Å². The Balaban J connectivity index is 2.06. The predicted molar refractivity (Wildman–Crippen MR) is 74.6 cm³/mol. The zero-order valence-electron chi connectivity index (χ0n) is 9.55. The van der Waals surface area contributed by atoms with Gasteiger partial charge in [0.2, 0.25) is 5.82 Å². The monoisotopic (exact) mass is 342 g/mol. The SMILES string of the molecule is O=[N+]([O-])c1ccc(CSc2ccc(Br)cn2)cc1F. The highest BCUT2D eigenvalue weighted by molar-refractivity contribution is 9.10. The summed E-state index contributed by atoms with van der Waals surface area (Å²) in [6, 6.07) is 7.62. The van der Waals surface area contributed by atoms with E-state index >= 15 is 0 Å². The Morgan fingerprint density at radius 1 is 1.37 bits per heavy atom. The van der Waals surface area contributed by atoms with E-state index in [1.54, 1.807) is 12.3 Å². The van der Waals surface area contributed by atoms with Gasteiger partial charge in [-0.3, -0.25) is 10.1 Å². The van der Waals surface area contributed by atoms with Gasteiger partial charge in [0, 0.05) is 22.5 Å². The van der Waals surface area contributed by atoms with E-state index < -0.39 is 16.4 Å². The minimum absolute atomic E-state index is 0.504. The standard InChI is InChI=1S/C12H8BrFN2O2S/c13-9-2-4-12(15-6-9)19-7-8-1-3-11(16(17)18)10(14)5-8/h1-6H,7H2. The number of benzene rings is 1. The van der Waals surface area contributed by atoms with Crippen molar-refractivity contribution in [3.63, 3.8) is 0 Å². The highest BCUT2D eigenvalue weighted by Gasteiger charge is 2.13. The number of hydrogen-bond donors (Lipinski definition) is 0. The predicted octanol–water partition coefficient (Wildman–Crippen LogP) is 4.18. The Bertz CT molecular complexity index is 607. The molecule has 0 N–H and O–H groups in total. The molecule has 4 nitrogen and oxygen atoms in total. The van der Waals surface area contributed by atoms with Crippen LogP contribution < -0.4 is 0 Å². The van der Waals surface area contributed by atoms with Crippen molar-refractivity contribution in [3.05, 3.63) is 62.5 Å². The minimum atomic E-state index is -0.813. The van der Waals surface area contributed by atoms with Gasteiger partial charge in [-0.2, -0.15) is 4.39 Å². The molecule has 0 spiro atoms. The first kappa shape index (κ1) is 14.0. The molecular formula is C12H8BrFN2O2S. The van der Waals surface area contributed by atoms with Crippen molar-refractivity contribution < 1.29 is 9.31 Å². The second kappa shape index (κ2) is 6.12. The Labute approximate surface area is 121 Å². The first-order valence-electron chi connectivity index (χ1n) is 5.23. The van der Waals surface area contributed by atoms with Crippen LogP contribution in [0.3, 0.4) is 0 Å². The summed E-state index contributed by atoms with van der Waals surface area (Å²) in [5, 5.41) is 11.3. The Morgan fingerprint density at radius 2 is 2.16 bits per heavy atom. The molecule has 0 unspecified atom stereocenters. The molecule has 0 amide bonds. The van der Waals surface area contributed by atoms with Gasteiger partial charge in [-0.1, -0.05) is 6.07 Å². The molecule has 19 heavy (non-hydrogen) atoms. The minimum Gasteiger partial charge on any atom is -0.258 e. The summed E-state index contributed by atoms with van der Waals surface area (Å²) in [4.78, 5) is 13.9. The number of rotatable bonds is 4. The Morgan fingerprint density at radius 3 is 2.74 bits per heavy atom. The molecule has 0 radical (unpaired) electrons. The van der Waals surface area contributed by atoms with E-state index in [1.807, 2.05) is 12.1 Å². The van der Waals surface area contributed by atoms with Crippen LogP contribution in [0.1, 0.15) is 5.56 Å². The second-order valence-electron chi connectivity index (χ2n) is 3.65. The molecule has 0 atom stereocenters. The molecule has 0 aliphatic carbocycles. The van der Waals surface area contributed by atoms with Gasteiger partial charge in [0.25, 0.3) is 0 Å². The van der Waals surface area contributed by atoms with Crippen molar-refractivity contribution in [3.8, 4) is 0 Å². The third kappa shape index (κ3) is 3.74. The quantitative estimate of drug-likeness (QED) is 0.475. The second-order valence-corrected chi connectivity index (χ2v) is 5.56. The van der Waals surface area contributed by atoms with Crippen LogP contribution in [0, 0.1) is 15.9 Å². The molecule has 1 aromatic heterocycles. The van der Waals surface area contributed by atoms with Crippen LogP contribution in [0.2, 0.25) is 0 Å². The first-order valence-corrected chi connectivity index (χ1v) is 7.01. The molecule has 0 aliphatic heterocycles. The van der Waals surface area contributed by atoms with Gasteiger partial charge in [-0.25, -0.2) is 4.98 Å². The van der Waals surface area contributed by atoms with Crippen LogP contribution >= 0.6 is 27.7 Å². The van der Waals surface area contributed by atoms with Gasteiger partial charge in [-0.15, -0.1) is 11.8 Å². The highest BCUT2D eigenvalue weighted by Crippen LogP contribution is 2.25. The average molecular weight is 343 g/mol. The first-order chi connectivity index (χ1) is 9.06. The molecule has 0 aliphatic rings. The van der Waals surface area contributed by atoms with Crippen molar-refractivity contribution >= 4 is 33.4 Å². The highest BCUT2D eigenvalue weighted by atomic mass is 79.9. The molecule has 1 aromatic carbocycles. The summed E-state index contributed by atoms with van der Waals surface area (Å²) >= 11 is 4.72. The third-order valence-electron chi connectivity index (χ3n) is 2.30. The fraction of sp³-hybridized carbons (Fsp3) is 0.0833. The van der Waals surface area contributed by atoms with Gasteiger partial charge in [-0.05, 0) is 39.7 Å². The van der Waals surface area contributed by atoms with E-state index in [0.717, 1.165) is 9.50 Å². The van der Waals surface area contributed by atoms with Crippen molar-refractivity contribution in [2.24, 2.45) is 0 Å². The molecule has 7 heteroatoms. The maximum absolute atomic E-state index is 13.4. The number of nitro groups is 1. The normalized spacial score (nSPS) is 10.4. The van der Waals surface area contributed by atoms with Crippen LogP contribution in [-0.2, 0) is 5.75 Å². The zero-order valence-corrected chi connectivity index (χ0v) is 11.9. The summed E-state index contributed by atoms with van der Waals surface area (Å²) in [6.07, 6.45) is 1.68. The van der Waals surface area contributed by atoms with Crippen molar-refractivity contribution in [2.45, 2.75) is 10.8 Å². The number of hydrogen-bond acceptors (Lipinski definition) is 4. The lowest BCUT2D eigenvalue weighted by atomic mass is 10.2. The number of nitro benzene ring substituents is 1. The van der Waals surface area contributed by atoms with Gasteiger partial charge in [0.15, 0.2) is 0 Å². The maximum atomic E-state index is 13.4. The summed E-state index contributed by atoms with van der Waals surface area (Å²) in [5.41, 5.74) is 0.174. The largest absolute Gasteiger partial charge is 0.304 e. The molecule has 1 heterocycles. The number of thioether (sulfide) groups is 1. The van der Waals surface area contributed by atoms with E-state index in [2.05, 4.69) is 20.9 Å². The smallest absolute Gasteiger partial charge is 0.258 e. The molecule has 0 saturated carbocycles.